The molecule has 6 nitrogen and oxygen atoms in total. The van der Waals surface area contributed by atoms with E-state index in [1.54, 1.807) is 12.1 Å². The maximum absolute atomic E-state index is 12.1. The number of rotatable bonds is 4. The van der Waals surface area contributed by atoms with Gasteiger partial charge in [-0.2, -0.15) is 13.5 Å². The van der Waals surface area contributed by atoms with Gasteiger partial charge in [0.15, 0.2) is 11.5 Å². The topological polar surface area (TPSA) is 99.0 Å². The van der Waals surface area contributed by atoms with E-state index in [-0.39, 0.29) is 16.4 Å². The number of aromatic hydroxyl groups is 2. The Kier molecular flexibility index (Phi) is 4.37. The van der Waals surface area contributed by atoms with E-state index in [2.05, 4.69) is 9.93 Å². The zero-order valence-electron chi connectivity index (χ0n) is 12.1. The Bertz CT molecular complexity index is 829. The number of phenols is 2. The second-order valence-electron chi connectivity index (χ2n) is 4.85. The normalized spacial score (nSPS) is 11.7. The lowest BCUT2D eigenvalue weighted by atomic mass is 10.1. The molecule has 0 atom stereocenters. The largest absolute Gasteiger partial charge is 0.504 e. The molecule has 0 radical (unpaired) electrons. The second kappa shape index (κ2) is 6.07. The first-order chi connectivity index (χ1) is 10.3. The number of hydrazone groups is 1. The predicted octanol–water partition coefficient (Wildman–Crippen LogP) is 2.03. The van der Waals surface area contributed by atoms with E-state index < -0.39 is 10.0 Å². The van der Waals surface area contributed by atoms with E-state index in [0.717, 1.165) is 11.1 Å². The maximum Gasteiger partial charge on any atom is 0.276 e. The van der Waals surface area contributed by atoms with Crippen molar-refractivity contribution >= 4 is 16.2 Å². The fourth-order valence-corrected chi connectivity index (χ4v) is 2.60. The van der Waals surface area contributed by atoms with Crippen LogP contribution in [-0.2, 0) is 10.0 Å². The number of phenolic OH excluding ortho intramolecular Hbond substituents is 2. The molecule has 7 heteroatoms. The summed E-state index contributed by atoms with van der Waals surface area (Å²) in [5.41, 5.74) is 2.32. The van der Waals surface area contributed by atoms with Crippen LogP contribution in [0.3, 0.4) is 0 Å². The summed E-state index contributed by atoms with van der Waals surface area (Å²) >= 11 is 0. The van der Waals surface area contributed by atoms with E-state index in [4.69, 9.17) is 0 Å². The first-order valence-electron chi connectivity index (χ1n) is 6.44. The van der Waals surface area contributed by atoms with Crippen molar-refractivity contribution in [3.63, 3.8) is 0 Å². The highest BCUT2D eigenvalue weighted by Gasteiger charge is 2.13. The van der Waals surface area contributed by atoms with Crippen molar-refractivity contribution in [1.29, 1.82) is 0 Å². The van der Waals surface area contributed by atoms with E-state index in [1.165, 1.54) is 30.5 Å². The highest BCUT2D eigenvalue weighted by atomic mass is 32.2. The minimum absolute atomic E-state index is 0.126. The molecule has 0 fully saturated rings. The van der Waals surface area contributed by atoms with Crippen molar-refractivity contribution in [2.75, 3.05) is 0 Å². The van der Waals surface area contributed by atoms with Crippen molar-refractivity contribution in [3.05, 3.63) is 53.1 Å². The smallest absolute Gasteiger partial charge is 0.276 e. The molecule has 0 aliphatic rings. The fraction of sp³-hybridized carbons (Fsp3) is 0.133. The molecular weight excluding hydrogens is 304 g/mol. The van der Waals surface area contributed by atoms with E-state index in [9.17, 15) is 18.6 Å². The standard InChI is InChI=1S/C15H16N2O4S/c1-10-3-5-13(7-11(10)2)22(20,21)17-16-9-12-4-6-14(18)15(19)8-12/h3-9,17-19H,1-2H3/b16-9-. The van der Waals surface area contributed by atoms with Crippen LogP contribution < -0.4 is 4.83 Å². The lowest BCUT2D eigenvalue weighted by Gasteiger charge is -2.06. The number of hydrogen-bond donors (Lipinski definition) is 3. The van der Waals surface area contributed by atoms with Crippen molar-refractivity contribution in [2.45, 2.75) is 18.7 Å². The summed E-state index contributed by atoms with van der Waals surface area (Å²) < 4.78 is 24.2. The molecule has 22 heavy (non-hydrogen) atoms. The molecule has 116 valence electrons. The molecule has 3 N–H and O–H groups in total. The number of aryl methyl sites for hydroxylation is 2. The summed E-state index contributed by atoms with van der Waals surface area (Å²) in [6.07, 6.45) is 1.23. The van der Waals surface area contributed by atoms with Crippen molar-refractivity contribution < 1.29 is 18.6 Å². The fourth-order valence-electron chi connectivity index (χ4n) is 1.72. The molecule has 0 saturated heterocycles. The molecule has 0 spiro atoms. The molecule has 0 saturated carbocycles. The predicted molar refractivity (Wildman–Crippen MR) is 83.6 cm³/mol. The molecule has 2 rings (SSSR count). The Balaban J connectivity index is 2.16. The van der Waals surface area contributed by atoms with Crippen molar-refractivity contribution in [2.24, 2.45) is 5.10 Å². The second-order valence-corrected chi connectivity index (χ2v) is 6.51. The van der Waals surface area contributed by atoms with E-state index >= 15 is 0 Å². The van der Waals surface area contributed by atoms with Gasteiger partial charge in [0.05, 0.1) is 11.1 Å². The van der Waals surface area contributed by atoms with Crippen molar-refractivity contribution in [1.82, 2.24) is 4.83 Å². The molecule has 0 heterocycles. The number of sulfonamides is 1. The van der Waals surface area contributed by atoms with Gasteiger partial charge in [0.25, 0.3) is 10.0 Å². The van der Waals surface area contributed by atoms with Gasteiger partial charge in [-0.25, -0.2) is 4.83 Å². The lowest BCUT2D eigenvalue weighted by Crippen LogP contribution is -2.18. The van der Waals surface area contributed by atoms with Gasteiger partial charge in [-0.3, -0.25) is 0 Å². The number of benzene rings is 2. The minimum Gasteiger partial charge on any atom is -0.504 e. The van der Waals surface area contributed by atoms with Crippen LogP contribution in [0.1, 0.15) is 16.7 Å². The van der Waals surface area contributed by atoms with Crippen LogP contribution >= 0.6 is 0 Å². The van der Waals surface area contributed by atoms with Crippen LogP contribution in [0.2, 0.25) is 0 Å². The van der Waals surface area contributed by atoms with Crippen LogP contribution in [0.15, 0.2) is 46.4 Å². The molecule has 0 amide bonds. The molecule has 0 aliphatic carbocycles. The van der Waals surface area contributed by atoms with Gasteiger partial charge in [0.1, 0.15) is 0 Å². The Morgan fingerprint density at radius 1 is 1.00 bits per heavy atom. The summed E-state index contributed by atoms with van der Waals surface area (Å²) in [4.78, 5) is 2.23. The summed E-state index contributed by atoms with van der Waals surface area (Å²) in [5.74, 6) is -0.561. The Labute approximate surface area is 128 Å². The van der Waals surface area contributed by atoms with Crippen LogP contribution in [0.5, 0.6) is 11.5 Å². The van der Waals surface area contributed by atoms with Crippen LogP contribution in [0.25, 0.3) is 0 Å². The van der Waals surface area contributed by atoms with Gasteiger partial charge >= 0.3 is 0 Å². The molecule has 2 aromatic rings. The highest BCUT2D eigenvalue weighted by Crippen LogP contribution is 2.24. The first-order valence-corrected chi connectivity index (χ1v) is 7.92. The zero-order valence-corrected chi connectivity index (χ0v) is 12.9. The molecule has 0 aliphatic heterocycles. The third-order valence-electron chi connectivity index (χ3n) is 3.17. The Morgan fingerprint density at radius 2 is 1.73 bits per heavy atom. The quantitative estimate of drug-likeness (QED) is 0.456. The Morgan fingerprint density at radius 3 is 2.36 bits per heavy atom. The molecular formula is C15H16N2O4S. The monoisotopic (exact) mass is 320 g/mol. The zero-order chi connectivity index (χ0) is 16.3. The van der Waals surface area contributed by atoms with Crippen molar-refractivity contribution in [3.8, 4) is 11.5 Å². The van der Waals surface area contributed by atoms with Crippen LogP contribution in [0, 0.1) is 13.8 Å². The van der Waals surface area contributed by atoms with Crippen LogP contribution in [0.4, 0.5) is 0 Å². The summed E-state index contributed by atoms with van der Waals surface area (Å²) in [6.45, 7) is 3.73. The van der Waals surface area contributed by atoms with Gasteiger partial charge in [-0.1, -0.05) is 6.07 Å². The van der Waals surface area contributed by atoms with Gasteiger partial charge in [0, 0.05) is 0 Å². The summed E-state index contributed by atoms with van der Waals surface area (Å²) in [7, 11) is -3.75. The molecule has 0 bridgehead atoms. The van der Waals surface area contributed by atoms with Crippen LogP contribution in [-0.4, -0.2) is 24.8 Å². The molecule has 0 aromatic heterocycles. The molecule has 2 aromatic carbocycles. The third kappa shape index (κ3) is 3.56. The number of hydrogen-bond acceptors (Lipinski definition) is 5. The van der Waals surface area contributed by atoms with Gasteiger partial charge in [-0.05, 0) is 60.9 Å². The minimum atomic E-state index is -3.75. The average molecular weight is 320 g/mol. The Hall–Kier alpha value is -2.54. The van der Waals surface area contributed by atoms with Gasteiger partial charge in [-0.15, -0.1) is 0 Å². The third-order valence-corrected chi connectivity index (χ3v) is 4.39. The number of nitrogens with zero attached hydrogens (tertiary/aromatic N) is 1. The number of nitrogens with one attached hydrogen (secondary N) is 1. The summed E-state index contributed by atoms with van der Waals surface area (Å²) in [6, 6.07) is 8.85. The lowest BCUT2D eigenvalue weighted by molar-refractivity contribution is 0.403. The maximum atomic E-state index is 12.1. The average Bonchev–Trinajstić information content (AvgIpc) is 2.45. The highest BCUT2D eigenvalue weighted by molar-refractivity contribution is 7.89. The first kappa shape index (κ1) is 15.8. The van der Waals surface area contributed by atoms with Gasteiger partial charge < -0.3 is 10.2 Å². The summed E-state index contributed by atoms with van der Waals surface area (Å²) in [5, 5.41) is 22.2. The molecule has 0 unspecified atom stereocenters. The van der Waals surface area contributed by atoms with E-state index in [1.807, 2.05) is 13.8 Å². The SMILES string of the molecule is Cc1ccc(S(=O)(=O)N/N=C\c2ccc(O)c(O)c2)cc1C. The van der Waals surface area contributed by atoms with E-state index in [0.29, 0.717) is 5.56 Å². The van der Waals surface area contributed by atoms with Gasteiger partial charge in [0.2, 0.25) is 0 Å².